The number of nitrogens with zero attached hydrogens (tertiary/aromatic N) is 2. The first-order valence-electron chi connectivity index (χ1n) is 5.69. The highest BCUT2D eigenvalue weighted by molar-refractivity contribution is 5.84. The third kappa shape index (κ3) is 2.64. The number of aliphatic carboxylic acids is 1. The topological polar surface area (TPSA) is 86.3 Å². The average Bonchev–Trinajstić information content (AvgIpc) is 2.81. The normalized spacial score (nSPS) is 20.2. The van der Waals surface area contributed by atoms with Crippen molar-refractivity contribution >= 4 is 11.9 Å². The number of nitrogens with one attached hydrogen (secondary N) is 1. The summed E-state index contributed by atoms with van der Waals surface area (Å²) >= 11 is 0. The molecule has 2 rings (SSSR count). The summed E-state index contributed by atoms with van der Waals surface area (Å²) in [5, 5.41) is 15.5. The summed E-state index contributed by atoms with van der Waals surface area (Å²) in [6.45, 7) is 0.532. The Hall–Kier alpha value is -1.85. The lowest BCUT2D eigenvalue weighted by atomic mass is 10.0. The van der Waals surface area contributed by atoms with E-state index < -0.39 is 12.0 Å². The maximum Gasteiger partial charge on any atom is 0.326 e. The van der Waals surface area contributed by atoms with Crippen LogP contribution in [0.25, 0.3) is 0 Å². The number of hydrogen-bond donors (Lipinski definition) is 2. The Balaban J connectivity index is 2.03. The van der Waals surface area contributed by atoms with E-state index in [4.69, 9.17) is 5.11 Å². The van der Waals surface area contributed by atoms with E-state index in [1.165, 1.54) is 4.90 Å². The molecule has 2 N–H and O–H groups in total. The number of carbonyl (C=O) groups is 2. The first-order valence-corrected chi connectivity index (χ1v) is 5.69. The molecule has 1 aromatic heterocycles. The van der Waals surface area contributed by atoms with E-state index >= 15 is 0 Å². The standard InChI is InChI=1S/C11H15N3O3/c15-10(7-8-4-5-12-13-8)14-6-2-1-3-9(14)11(16)17/h4-5,9H,1-3,6-7H2,(H,12,13)(H,16,17)/t9-/m0/s1. The lowest BCUT2D eigenvalue weighted by Crippen LogP contribution is -2.48. The Morgan fingerprint density at radius 3 is 3.00 bits per heavy atom. The predicted octanol–water partition coefficient (Wildman–Crippen LogP) is 0.418. The molecule has 0 radical (unpaired) electrons. The highest BCUT2D eigenvalue weighted by atomic mass is 16.4. The monoisotopic (exact) mass is 237 g/mol. The summed E-state index contributed by atoms with van der Waals surface area (Å²) < 4.78 is 0. The minimum absolute atomic E-state index is 0.152. The van der Waals surface area contributed by atoms with E-state index in [0.717, 1.165) is 12.8 Å². The molecule has 6 nitrogen and oxygen atoms in total. The van der Waals surface area contributed by atoms with Crippen LogP contribution in [0.1, 0.15) is 25.0 Å². The summed E-state index contributed by atoms with van der Waals surface area (Å²) in [6, 6.07) is 1.05. The highest BCUT2D eigenvalue weighted by Gasteiger charge is 2.31. The number of aromatic amines is 1. The van der Waals surface area contributed by atoms with Gasteiger partial charge in [0.05, 0.1) is 6.42 Å². The van der Waals surface area contributed by atoms with Crippen molar-refractivity contribution in [2.75, 3.05) is 6.54 Å². The highest BCUT2D eigenvalue weighted by Crippen LogP contribution is 2.18. The molecule has 92 valence electrons. The fourth-order valence-corrected chi connectivity index (χ4v) is 2.13. The van der Waals surface area contributed by atoms with Gasteiger partial charge in [-0.2, -0.15) is 5.10 Å². The van der Waals surface area contributed by atoms with Crippen LogP contribution in [-0.4, -0.2) is 44.7 Å². The van der Waals surface area contributed by atoms with E-state index in [1.807, 2.05) is 0 Å². The number of aromatic nitrogens is 2. The van der Waals surface area contributed by atoms with E-state index in [-0.39, 0.29) is 12.3 Å². The summed E-state index contributed by atoms with van der Waals surface area (Å²) in [6.07, 6.45) is 4.05. The molecule has 1 atom stereocenters. The molecule has 2 heterocycles. The lowest BCUT2D eigenvalue weighted by Gasteiger charge is -2.32. The zero-order valence-corrected chi connectivity index (χ0v) is 9.43. The molecule has 1 aliphatic heterocycles. The van der Waals surface area contributed by atoms with Crippen molar-refractivity contribution in [3.05, 3.63) is 18.0 Å². The maximum atomic E-state index is 12.0. The Labute approximate surface area is 98.6 Å². The Bertz CT molecular complexity index is 402. The van der Waals surface area contributed by atoms with Crippen molar-refractivity contribution < 1.29 is 14.7 Å². The molecule has 6 heteroatoms. The van der Waals surface area contributed by atoms with Crippen LogP contribution in [0.2, 0.25) is 0 Å². The number of carboxylic acids is 1. The van der Waals surface area contributed by atoms with Gasteiger partial charge in [0.2, 0.25) is 5.91 Å². The Morgan fingerprint density at radius 2 is 2.35 bits per heavy atom. The van der Waals surface area contributed by atoms with Crippen LogP contribution >= 0.6 is 0 Å². The number of hydrogen-bond acceptors (Lipinski definition) is 3. The number of amides is 1. The Morgan fingerprint density at radius 1 is 1.53 bits per heavy atom. The van der Waals surface area contributed by atoms with E-state index in [2.05, 4.69) is 10.2 Å². The number of rotatable bonds is 3. The molecule has 1 amide bonds. The van der Waals surface area contributed by atoms with Gasteiger partial charge in [-0.3, -0.25) is 9.89 Å². The predicted molar refractivity (Wildman–Crippen MR) is 59.3 cm³/mol. The van der Waals surface area contributed by atoms with Crippen molar-refractivity contribution in [1.29, 1.82) is 0 Å². The van der Waals surface area contributed by atoms with Gasteiger partial charge in [0.1, 0.15) is 6.04 Å². The molecule has 0 aromatic carbocycles. The lowest BCUT2D eigenvalue weighted by molar-refractivity contribution is -0.151. The Kier molecular flexibility index (Phi) is 3.41. The van der Waals surface area contributed by atoms with Crippen LogP contribution in [0.3, 0.4) is 0 Å². The van der Waals surface area contributed by atoms with Gasteiger partial charge in [0.15, 0.2) is 0 Å². The van der Waals surface area contributed by atoms with Crippen molar-refractivity contribution in [3.8, 4) is 0 Å². The zero-order valence-electron chi connectivity index (χ0n) is 9.43. The van der Waals surface area contributed by atoms with Gasteiger partial charge in [0.25, 0.3) is 0 Å². The van der Waals surface area contributed by atoms with Crippen LogP contribution in [0.4, 0.5) is 0 Å². The van der Waals surface area contributed by atoms with Crippen LogP contribution in [-0.2, 0) is 16.0 Å². The second-order valence-corrected chi connectivity index (χ2v) is 4.20. The minimum atomic E-state index is -0.914. The van der Waals surface area contributed by atoms with Crippen molar-refractivity contribution in [2.45, 2.75) is 31.7 Å². The van der Waals surface area contributed by atoms with Gasteiger partial charge >= 0.3 is 5.97 Å². The van der Waals surface area contributed by atoms with Gasteiger partial charge in [-0.25, -0.2) is 4.79 Å². The largest absolute Gasteiger partial charge is 0.480 e. The first kappa shape index (κ1) is 11.6. The maximum absolute atomic E-state index is 12.0. The smallest absolute Gasteiger partial charge is 0.326 e. The molecule has 1 aliphatic rings. The third-order valence-corrected chi connectivity index (χ3v) is 3.01. The number of likely N-dealkylation sites (tertiary alicyclic amines) is 1. The first-order chi connectivity index (χ1) is 8.18. The van der Waals surface area contributed by atoms with E-state index in [0.29, 0.717) is 18.7 Å². The minimum Gasteiger partial charge on any atom is -0.480 e. The fraction of sp³-hybridized carbons (Fsp3) is 0.545. The molecule has 1 fully saturated rings. The molecular weight excluding hydrogens is 222 g/mol. The van der Waals surface area contributed by atoms with E-state index in [9.17, 15) is 9.59 Å². The molecule has 0 saturated carbocycles. The third-order valence-electron chi connectivity index (χ3n) is 3.01. The number of piperidine rings is 1. The summed E-state index contributed by atoms with van der Waals surface area (Å²) in [4.78, 5) is 24.5. The fourth-order valence-electron chi connectivity index (χ4n) is 2.13. The van der Waals surface area contributed by atoms with Crippen LogP contribution in [0, 0.1) is 0 Å². The molecule has 1 aromatic rings. The average molecular weight is 237 g/mol. The molecule has 0 bridgehead atoms. The van der Waals surface area contributed by atoms with Crippen LogP contribution < -0.4 is 0 Å². The van der Waals surface area contributed by atoms with Crippen molar-refractivity contribution in [1.82, 2.24) is 15.1 Å². The van der Waals surface area contributed by atoms with Gasteiger partial charge in [-0.1, -0.05) is 0 Å². The number of carbonyl (C=O) groups excluding carboxylic acids is 1. The molecule has 17 heavy (non-hydrogen) atoms. The van der Waals surface area contributed by atoms with Crippen molar-refractivity contribution in [3.63, 3.8) is 0 Å². The molecule has 0 spiro atoms. The zero-order chi connectivity index (χ0) is 12.3. The summed E-state index contributed by atoms with van der Waals surface area (Å²) in [7, 11) is 0. The van der Waals surface area contributed by atoms with Gasteiger partial charge < -0.3 is 10.0 Å². The van der Waals surface area contributed by atoms with Gasteiger partial charge in [0, 0.05) is 18.4 Å². The van der Waals surface area contributed by atoms with Crippen LogP contribution in [0.15, 0.2) is 12.3 Å². The molecule has 0 aliphatic carbocycles. The quantitative estimate of drug-likeness (QED) is 0.797. The number of carboxylic acid groups (broad SMARTS) is 1. The molecule has 0 unspecified atom stereocenters. The second kappa shape index (κ2) is 4.99. The van der Waals surface area contributed by atoms with Gasteiger partial charge in [-0.05, 0) is 25.3 Å². The van der Waals surface area contributed by atoms with E-state index in [1.54, 1.807) is 12.3 Å². The molecule has 1 saturated heterocycles. The second-order valence-electron chi connectivity index (χ2n) is 4.20. The number of H-pyrrole nitrogens is 1. The summed E-state index contributed by atoms with van der Waals surface area (Å²) in [5.74, 6) is -1.07. The van der Waals surface area contributed by atoms with Crippen LogP contribution in [0.5, 0.6) is 0 Å². The van der Waals surface area contributed by atoms with Crippen molar-refractivity contribution in [2.24, 2.45) is 0 Å². The van der Waals surface area contributed by atoms with Gasteiger partial charge in [-0.15, -0.1) is 0 Å². The summed E-state index contributed by atoms with van der Waals surface area (Å²) in [5.41, 5.74) is 0.713. The molecular formula is C11H15N3O3. The SMILES string of the molecule is O=C(O)[C@@H]1CCCCN1C(=O)Cc1ccn[nH]1.